The second kappa shape index (κ2) is 9.19. The Balaban J connectivity index is 1.89. The molecule has 2 aromatic carbocycles. The second-order valence-corrected chi connectivity index (χ2v) is 6.52. The van der Waals surface area contributed by atoms with E-state index in [-0.39, 0.29) is 24.2 Å². The third-order valence-corrected chi connectivity index (χ3v) is 4.23. The van der Waals surface area contributed by atoms with E-state index in [1.54, 1.807) is 12.1 Å². The lowest BCUT2D eigenvalue weighted by atomic mass is 9.99. The largest absolute Gasteiger partial charge is 0.496 e. The van der Waals surface area contributed by atoms with Crippen molar-refractivity contribution < 1.29 is 19.1 Å². The molecule has 0 aromatic heterocycles. The smallest absolute Gasteiger partial charge is 0.273 e. The van der Waals surface area contributed by atoms with Crippen molar-refractivity contribution in [3.63, 3.8) is 0 Å². The number of carbonyl (C=O) groups is 3. The Kier molecular flexibility index (Phi) is 6.96. The number of carbonyl (C=O) groups excluding carboxylic acids is 3. The molecule has 7 heteroatoms. The van der Waals surface area contributed by atoms with Crippen molar-refractivity contribution >= 4 is 29.2 Å². The zero-order chi connectivity index (χ0) is 20.0. The van der Waals surface area contributed by atoms with Gasteiger partial charge in [0.25, 0.3) is 5.91 Å². The van der Waals surface area contributed by atoms with Gasteiger partial charge in [-0.3, -0.25) is 25.2 Å². The monoisotopic (exact) mass is 388 g/mol. The molecule has 0 saturated carbocycles. The van der Waals surface area contributed by atoms with E-state index < -0.39 is 11.8 Å². The number of halogens is 1. The lowest BCUT2D eigenvalue weighted by Crippen LogP contribution is -2.41. The minimum Gasteiger partial charge on any atom is -0.496 e. The predicted octanol–water partition coefficient (Wildman–Crippen LogP) is 3.39. The Morgan fingerprint density at radius 3 is 2.41 bits per heavy atom. The van der Waals surface area contributed by atoms with Gasteiger partial charge >= 0.3 is 0 Å². The van der Waals surface area contributed by atoms with Crippen LogP contribution in [0.4, 0.5) is 0 Å². The van der Waals surface area contributed by atoms with E-state index >= 15 is 0 Å². The maximum atomic E-state index is 12.3. The van der Waals surface area contributed by atoms with Gasteiger partial charge in [-0.05, 0) is 43.7 Å². The molecule has 0 radical (unpaired) electrons. The average Bonchev–Trinajstić information content (AvgIpc) is 2.65. The third-order valence-electron chi connectivity index (χ3n) is 3.99. The molecule has 6 nitrogen and oxygen atoms in total. The first-order chi connectivity index (χ1) is 12.8. The number of benzene rings is 2. The molecular weight excluding hydrogens is 368 g/mol. The molecule has 0 fully saturated rings. The predicted molar refractivity (Wildman–Crippen MR) is 103 cm³/mol. The number of nitrogens with one attached hydrogen (secondary N) is 2. The van der Waals surface area contributed by atoms with Gasteiger partial charge in [0.05, 0.1) is 12.7 Å². The van der Waals surface area contributed by atoms with E-state index in [1.165, 1.54) is 13.2 Å². The molecule has 0 aliphatic carbocycles. The van der Waals surface area contributed by atoms with Gasteiger partial charge in [-0.1, -0.05) is 29.3 Å². The van der Waals surface area contributed by atoms with Gasteiger partial charge in [0.15, 0.2) is 5.78 Å². The Hall–Kier alpha value is -2.86. The second-order valence-electron chi connectivity index (χ2n) is 6.09. The van der Waals surface area contributed by atoms with E-state index in [2.05, 4.69) is 10.9 Å². The number of hydrazine groups is 1. The number of hydrogen-bond donors (Lipinski definition) is 2. The van der Waals surface area contributed by atoms with Crippen LogP contribution in [-0.2, 0) is 4.79 Å². The number of ether oxygens (including phenoxy) is 1. The lowest BCUT2D eigenvalue weighted by Gasteiger charge is -2.11. The number of Topliss-reactive ketones (excluding diaryl/α,β-unsaturated/α-hetero) is 1. The molecule has 0 atom stereocenters. The molecule has 0 bridgehead atoms. The van der Waals surface area contributed by atoms with Gasteiger partial charge in [0.2, 0.25) is 5.91 Å². The van der Waals surface area contributed by atoms with Crippen molar-refractivity contribution in [1.29, 1.82) is 0 Å². The molecule has 0 aliphatic heterocycles. The highest BCUT2D eigenvalue weighted by Crippen LogP contribution is 2.22. The average molecular weight is 389 g/mol. The molecular formula is C20H21ClN2O4. The number of hydrogen-bond acceptors (Lipinski definition) is 4. The van der Waals surface area contributed by atoms with E-state index in [9.17, 15) is 14.4 Å². The fourth-order valence-corrected chi connectivity index (χ4v) is 2.68. The van der Waals surface area contributed by atoms with Crippen molar-refractivity contribution in [2.75, 3.05) is 7.11 Å². The molecule has 0 heterocycles. The first-order valence-electron chi connectivity index (χ1n) is 8.35. The van der Waals surface area contributed by atoms with Gasteiger partial charge in [0, 0.05) is 23.4 Å². The molecule has 2 amide bonds. The normalized spacial score (nSPS) is 10.2. The molecule has 2 aromatic rings. The quantitative estimate of drug-likeness (QED) is 0.586. The summed E-state index contributed by atoms with van der Waals surface area (Å²) in [7, 11) is 1.43. The highest BCUT2D eigenvalue weighted by atomic mass is 35.5. The maximum absolute atomic E-state index is 12.3. The van der Waals surface area contributed by atoms with Crippen LogP contribution in [0.1, 0.15) is 44.7 Å². The summed E-state index contributed by atoms with van der Waals surface area (Å²) in [5.41, 5.74) is 7.24. The number of ketones is 1. The summed E-state index contributed by atoms with van der Waals surface area (Å²) >= 11 is 5.89. The summed E-state index contributed by atoms with van der Waals surface area (Å²) in [4.78, 5) is 36.4. The molecule has 27 heavy (non-hydrogen) atoms. The zero-order valence-electron chi connectivity index (χ0n) is 15.4. The van der Waals surface area contributed by atoms with Crippen LogP contribution in [-0.4, -0.2) is 24.7 Å². The van der Waals surface area contributed by atoms with Crippen LogP contribution < -0.4 is 15.6 Å². The molecule has 2 N–H and O–H groups in total. The first-order valence-corrected chi connectivity index (χ1v) is 8.72. The summed E-state index contributed by atoms with van der Waals surface area (Å²) in [5.74, 6) is -0.822. The fourth-order valence-electron chi connectivity index (χ4n) is 2.51. The summed E-state index contributed by atoms with van der Waals surface area (Å²) in [6.07, 6.45) is 0.00561. The standard InChI is InChI=1S/C20H21ClN2O4/c1-12-4-5-13(2)15(10-12)17(24)7-9-19(25)22-23-20(26)16-11-14(21)6-8-18(16)27-3/h4-6,8,10-11H,7,9H2,1-3H3,(H,22,25)(H,23,26). The first kappa shape index (κ1) is 20.5. The van der Waals surface area contributed by atoms with Crippen molar-refractivity contribution in [2.24, 2.45) is 0 Å². The lowest BCUT2D eigenvalue weighted by molar-refractivity contribution is -0.121. The molecule has 2 rings (SSSR count). The Bertz CT molecular complexity index is 880. The number of rotatable bonds is 6. The summed E-state index contributed by atoms with van der Waals surface area (Å²) in [5, 5.41) is 0.367. The van der Waals surface area contributed by atoms with Crippen molar-refractivity contribution in [1.82, 2.24) is 10.9 Å². The van der Waals surface area contributed by atoms with Crippen molar-refractivity contribution in [3.05, 3.63) is 63.7 Å². The third kappa shape index (κ3) is 5.56. The molecule has 0 aliphatic rings. The summed E-state index contributed by atoms with van der Waals surface area (Å²) in [6, 6.07) is 10.2. The minimum absolute atomic E-state index is 0.0425. The molecule has 0 unspecified atom stereocenters. The highest BCUT2D eigenvalue weighted by Gasteiger charge is 2.15. The highest BCUT2D eigenvalue weighted by molar-refractivity contribution is 6.31. The van der Waals surface area contributed by atoms with Crippen LogP contribution in [0.25, 0.3) is 0 Å². The van der Waals surface area contributed by atoms with E-state index in [0.29, 0.717) is 16.3 Å². The summed E-state index contributed by atoms with van der Waals surface area (Å²) < 4.78 is 5.10. The Labute approximate surface area is 162 Å². The van der Waals surface area contributed by atoms with Gasteiger partial charge in [0.1, 0.15) is 5.75 Å². The van der Waals surface area contributed by atoms with Crippen LogP contribution in [0.5, 0.6) is 5.75 Å². The van der Waals surface area contributed by atoms with E-state index in [4.69, 9.17) is 16.3 Å². The van der Waals surface area contributed by atoms with Crippen molar-refractivity contribution in [2.45, 2.75) is 26.7 Å². The summed E-state index contributed by atoms with van der Waals surface area (Å²) in [6.45, 7) is 3.76. The maximum Gasteiger partial charge on any atom is 0.273 e. The van der Waals surface area contributed by atoms with Crippen LogP contribution in [0, 0.1) is 13.8 Å². The Morgan fingerprint density at radius 2 is 1.70 bits per heavy atom. The minimum atomic E-state index is -0.566. The van der Waals surface area contributed by atoms with Crippen LogP contribution in [0.3, 0.4) is 0 Å². The topological polar surface area (TPSA) is 84.5 Å². The molecule has 0 spiro atoms. The van der Waals surface area contributed by atoms with Gasteiger partial charge in [-0.25, -0.2) is 0 Å². The molecule has 0 saturated heterocycles. The number of amides is 2. The zero-order valence-corrected chi connectivity index (χ0v) is 16.1. The fraction of sp³-hybridized carbons (Fsp3) is 0.250. The number of aryl methyl sites for hydroxylation is 2. The van der Waals surface area contributed by atoms with Crippen LogP contribution in [0.2, 0.25) is 5.02 Å². The van der Waals surface area contributed by atoms with Crippen LogP contribution >= 0.6 is 11.6 Å². The van der Waals surface area contributed by atoms with Gasteiger partial charge in [-0.15, -0.1) is 0 Å². The molecule has 142 valence electrons. The van der Waals surface area contributed by atoms with Gasteiger partial charge in [-0.2, -0.15) is 0 Å². The SMILES string of the molecule is COc1ccc(Cl)cc1C(=O)NNC(=O)CCC(=O)c1cc(C)ccc1C. The van der Waals surface area contributed by atoms with Crippen molar-refractivity contribution in [3.8, 4) is 5.75 Å². The van der Waals surface area contributed by atoms with E-state index in [0.717, 1.165) is 11.1 Å². The van der Waals surface area contributed by atoms with Crippen LogP contribution in [0.15, 0.2) is 36.4 Å². The number of methoxy groups -OCH3 is 1. The Morgan fingerprint density at radius 1 is 0.963 bits per heavy atom. The van der Waals surface area contributed by atoms with E-state index in [1.807, 2.05) is 32.0 Å². The van der Waals surface area contributed by atoms with Gasteiger partial charge < -0.3 is 4.74 Å².